The Bertz CT molecular complexity index is 1130. The van der Waals surface area contributed by atoms with Crippen LogP contribution in [0.15, 0.2) is 45.8 Å². The van der Waals surface area contributed by atoms with Gasteiger partial charge >= 0.3 is 0 Å². The van der Waals surface area contributed by atoms with Crippen molar-refractivity contribution in [3.8, 4) is 11.5 Å². The van der Waals surface area contributed by atoms with Gasteiger partial charge in [-0.25, -0.2) is 0 Å². The molecule has 0 saturated carbocycles. The summed E-state index contributed by atoms with van der Waals surface area (Å²) >= 11 is 16.1. The SMILES string of the molecule is CCCCCOc1c(Br)cc(/C=C2\SC(=S)N(NC(=O)c3ccccc3Cl)C2=O)cc1OCC. The van der Waals surface area contributed by atoms with Crippen molar-refractivity contribution in [1.82, 2.24) is 10.4 Å². The smallest absolute Gasteiger partial charge is 0.285 e. The Morgan fingerprint density at radius 2 is 2.00 bits per heavy atom. The van der Waals surface area contributed by atoms with Gasteiger partial charge in [0.1, 0.15) is 0 Å². The van der Waals surface area contributed by atoms with Crippen molar-refractivity contribution in [3.05, 3.63) is 61.9 Å². The number of unbranched alkanes of at least 4 members (excludes halogenated alkanes) is 2. The van der Waals surface area contributed by atoms with Crippen LogP contribution in [0.1, 0.15) is 49.0 Å². The van der Waals surface area contributed by atoms with E-state index < -0.39 is 11.8 Å². The molecule has 0 radical (unpaired) electrons. The number of hydrogen-bond donors (Lipinski definition) is 1. The quantitative estimate of drug-likeness (QED) is 0.193. The maximum atomic E-state index is 13.0. The number of carbonyl (C=O) groups is 2. The summed E-state index contributed by atoms with van der Waals surface area (Å²) in [4.78, 5) is 25.9. The van der Waals surface area contributed by atoms with E-state index in [1.165, 1.54) is 0 Å². The van der Waals surface area contributed by atoms with Gasteiger partial charge in [0.25, 0.3) is 11.8 Å². The molecular weight excluding hydrogens is 560 g/mol. The third kappa shape index (κ3) is 6.53. The van der Waals surface area contributed by atoms with Crippen LogP contribution in [0, 0.1) is 0 Å². The summed E-state index contributed by atoms with van der Waals surface area (Å²) in [6.07, 6.45) is 4.86. The average molecular weight is 584 g/mol. The first-order valence-electron chi connectivity index (χ1n) is 10.8. The zero-order chi connectivity index (χ0) is 24.7. The maximum Gasteiger partial charge on any atom is 0.285 e. The number of hydrazine groups is 1. The van der Waals surface area contributed by atoms with Gasteiger partial charge in [0, 0.05) is 0 Å². The molecule has 1 N–H and O–H groups in total. The van der Waals surface area contributed by atoms with E-state index in [2.05, 4.69) is 28.3 Å². The number of thiocarbonyl (C=S) groups is 1. The van der Waals surface area contributed by atoms with E-state index in [0.29, 0.717) is 29.6 Å². The highest BCUT2D eigenvalue weighted by Gasteiger charge is 2.34. The summed E-state index contributed by atoms with van der Waals surface area (Å²) in [7, 11) is 0. The molecule has 2 amide bonds. The number of nitrogens with one attached hydrogen (secondary N) is 1. The summed E-state index contributed by atoms with van der Waals surface area (Å²) in [6.45, 7) is 5.10. The van der Waals surface area contributed by atoms with E-state index in [1.54, 1.807) is 30.3 Å². The van der Waals surface area contributed by atoms with Gasteiger partial charge in [0.05, 0.1) is 33.2 Å². The molecule has 0 aromatic heterocycles. The number of hydrogen-bond acceptors (Lipinski definition) is 6. The lowest BCUT2D eigenvalue weighted by molar-refractivity contribution is -0.123. The Balaban J connectivity index is 1.79. The molecular formula is C24H24BrClN2O4S2. The Labute approximate surface area is 222 Å². The van der Waals surface area contributed by atoms with Crippen LogP contribution >= 0.6 is 51.5 Å². The van der Waals surface area contributed by atoms with Crippen LogP contribution in [-0.2, 0) is 4.79 Å². The van der Waals surface area contributed by atoms with Gasteiger partial charge in [0.2, 0.25) is 0 Å². The first-order valence-corrected chi connectivity index (χ1v) is 13.2. The van der Waals surface area contributed by atoms with Crippen molar-refractivity contribution in [2.45, 2.75) is 33.1 Å². The topological polar surface area (TPSA) is 67.9 Å². The number of thioether (sulfide) groups is 1. The highest BCUT2D eigenvalue weighted by molar-refractivity contribution is 9.10. The number of nitrogens with zero attached hydrogens (tertiary/aromatic N) is 1. The van der Waals surface area contributed by atoms with Gasteiger partial charge < -0.3 is 9.47 Å². The zero-order valence-electron chi connectivity index (χ0n) is 18.7. The Morgan fingerprint density at radius 1 is 1.24 bits per heavy atom. The highest BCUT2D eigenvalue weighted by atomic mass is 79.9. The van der Waals surface area contributed by atoms with Gasteiger partial charge in [-0.1, -0.05) is 55.3 Å². The zero-order valence-corrected chi connectivity index (χ0v) is 22.7. The first kappa shape index (κ1) is 26.5. The van der Waals surface area contributed by atoms with E-state index in [9.17, 15) is 9.59 Å². The molecule has 0 unspecified atom stereocenters. The monoisotopic (exact) mass is 582 g/mol. The van der Waals surface area contributed by atoms with Crippen LogP contribution in [0.2, 0.25) is 5.02 Å². The van der Waals surface area contributed by atoms with E-state index in [0.717, 1.165) is 46.1 Å². The molecule has 180 valence electrons. The minimum absolute atomic E-state index is 0.219. The predicted molar refractivity (Wildman–Crippen MR) is 144 cm³/mol. The van der Waals surface area contributed by atoms with Crippen molar-refractivity contribution in [1.29, 1.82) is 0 Å². The van der Waals surface area contributed by atoms with Crippen LogP contribution in [0.4, 0.5) is 0 Å². The fourth-order valence-electron chi connectivity index (χ4n) is 3.12. The van der Waals surface area contributed by atoms with Crippen LogP contribution in [0.25, 0.3) is 6.08 Å². The molecule has 1 aliphatic heterocycles. The Hall–Kier alpha value is -2.07. The average Bonchev–Trinajstić information content (AvgIpc) is 3.05. The van der Waals surface area contributed by atoms with Gasteiger partial charge in [-0.05, 0) is 77.4 Å². The molecule has 1 aliphatic rings. The van der Waals surface area contributed by atoms with E-state index in [4.69, 9.17) is 33.3 Å². The minimum atomic E-state index is -0.519. The van der Waals surface area contributed by atoms with Crippen LogP contribution in [-0.4, -0.2) is 34.4 Å². The maximum absolute atomic E-state index is 13.0. The van der Waals surface area contributed by atoms with Crippen molar-refractivity contribution < 1.29 is 19.1 Å². The Morgan fingerprint density at radius 3 is 2.71 bits per heavy atom. The molecule has 0 atom stereocenters. The molecule has 1 fully saturated rings. The lowest BCUT2D eigenvalue weighted by Gasteiger charge is -2.16. The highest BCUT2D eigenvalue weighted by Crippen LogP contribution is 2.39. The molecule has 3 rings (SSSR count). The van der Waals surface area contributed by atoms with Gasteiger partial charge in [-0.2, -0.15) is 5.01 Å². The molecule has 2 aromatic rings. The van der Waals surface area contributed by atoms with E-state index in [1.807, 2.05) is 19.1 Å². The number of ether oxygens (including phenoxy) is 2. The second-order valence-electron chi connectivity index (χ2n) is 7.26. The van der Waals surface area contributed by atoms with Gasteiger partial charge in [0.15, 0.2) is 15.8 Å². The Kier molecular flexibility index (Phi) is 9.82. The standard InChI is InChI=1S/C24H24BrClN2O4S2/c1-3-5-8-11-32-21-17(25)12-15(13-19(21)31-4-2)14-20-23(30)28(24(33)34-20)27-22(29)16-9-6-7-10-18(16)26/h6-7,9-10,12-14H,3-5,8,11H2,1-2H3,(H,27,29)/b20-14-. The summed E-state index contributed by atoms with van der Waals surface area (Å²) < 4.78 is 12.7. The molecule has 34 heavy (non-hydrogen) atoms. The molecule has 0 aliphatic carbocycles. The summed E-state index contributed by atoms with van der Waals surface area (Å²) in [5.41, 5.74) is 3.52. The number of rotatable bonds is 10. The number of halogens is 2. The molecule has 1 saturated heterocycles. The summed E-state index contributed by atoms with van der Waals surface area (Å²) in [5, 5.41) is 1.34. The fraction of sp³-hybridized carbons (Fsp3) is 0.292. The minimum Gasteiger partial charge on any atom is -0.490 e. The normalized spacial score (nSPS) is 14.6. The lowest BCUT2D eigenvalue weighted by atomic mass is 10.2. The number of benzene rings is 2. The predicted octanol–water partition coefficient (Wildman–Crippen LogP) is 6.62. The van der Waals surface area contributed by atoms with Crippen LogP contribution in [0.3, 0.4) is 0 Å². The summed E-state index contributed by atoms with van der Waals surface area (Å²) in [5.74, 6) is 0.273. The molecule has 1 heterocycles. The second-order valence-corrected chi connectivity index (χ2v) is 10.2. The molecule has 6 nitrogen and oxygen atoms in total. The third-order valence-electron chi connectivity index (χ3n) is 4.75. The largest absolute Gasteiger partial charge is 0.490 e. The molecule has 0 spiro atoms. The van der Waals surface area contributed by atoms with Gasteiger partial charge in [-0.15, -0.1) is 0 Å². The molecule has 0 bridgehead atoms. The van der Waals surface area contributed by atoms with Crippen LogP contribution < -0.4 is 14.9 Å². The van der Waals surface area contributed by atoms with Crippen molar-refractivity contribution in [2.24, 2.45) is 0 Å². The van der Waals surface area contributed by atoms with Crippen molar-refractivity contribution in [3.63, 3.8) is 0 Å². The van der Waals surface area contributed by atoms with Crippen molar-refractivity contribution >= 4 is 73.7 Å². The second kappa shape index (κ2) is 12.6. The van der Waals surface area contributed by atoms with Crippen LogP contribution in [0.5, 0.6) is 11.5 Å². The van der Waals surface area contributed by atoms with E-state index >= 15 is 0 Å². The third-order valence-corrected chi connectivity index (χ3v) is 6.97. The summed E-state index contributed by atoms with van der Waals surface area (Å²) in [6, 6.07) is 10.3. The van der Waals surface area contributed by atoms with E-state index in [-0.39, 0.29) is 14.9 Å². The number of carbonyl (C=O) groups excluding carboxylic acids is 2. The van der Waals surface area contributed by atoms with Crippen molar-refractivity contribution in [2.75, 3.05) is 13.2 Å². The molecule has 10 heteroatoms. The first-order chi connectivity index (χ1) is 16.3. The van der Waals surface area contributed by atoms with Gasteiger partial charge in [-0.3, -0.25) is 15.0 Å². The lowest BCUT2D eigenvalue weighted by Crippen LogP contribution is -2.44. The fourth-order valence-corrected chi connectivity index (χ4v) is 5.10. The molecule has 2 aromatic carbocycles. The number of amides is 2.